The standard InChI is InChI=1S/C15H23N3O/c1-3-12-5-7-13(8-6-12)14-11-18(10-4-9-16)15(19)17(14)2/h5-8,14H,3-4,9-11,16H2,1-2H3. The lowest BCUT2D eigenvalue weighted by atomic mass is 10.0. The highest BCUT2D eigenvalue weighted by molar-refractivity contribution is 5.77. The molecule has 0 radical (unpaired) electrons. The van der Waals surface area contributed by atoms with Crippen LogP contribution in [0.4, 0.5) is 4.79 Å². The van der Waals surface area contributed by atoms with E-state index < -0.39 is 0 Å². The van der Waals surface area contributed by atoms with Crippen LogP contribution in [-0.2, 0) is 6.42 Å². The van der Waals surface area contributed by atoms with Gasteiger partial charge in [0, 0.05) is 20.1 Å². The lowest BCUT2D eigenvalue weighted by Crippen LogP contribution is -2.31. The van der Waals surface area contributed by atoms with Crippen molar-refractivity contribution in [3.63, 3.8) is 0 Å². The largest absolute Gasteiger partial charge is 0.330 e. The molecule has 0 bridgehead atoms. The van der Waals surface area contributed by atoms with Crippen LogP contribution in [0.5, 0.6) is 0 Å². The van der Waals surface area contributed by atoms with Gasteiger partial charge in [-0.1, -0.05) is 31.2 Å². The Labute approximate surface area is 115 Å². The first-order chi connectivity index (χ1) is 9.17. The lowest BCUT2D eigenvalue weighted by Gasteiger charge is -2.18. The number of carbonyl (C=O) groups is 1. The highest BCUT2D eigenvalue weighted by atomic mass is 16.2. The number of hydrogen-bond donors (Lipinski definition) is 1. The second-order valence-electron chi connectivity index (χ2n) is 5.09. The molecule has 0 spiro atoms. The summed E-state index contributed by atoms with van der Waals surface area (Å²) in [5.41, 5.74) is 8.05. The third kappa shape index (κ3) is 2.89. The number of carbonyl (C=O) groups excluding carboxylic acids is 1. The summed E-state index contributed by atoms with van der Waals surface area (Å²) in [7, 11) is 1.88. The van der Waals surface area contributed by atoms with Gasteiger partial charge >= 0.3 is 6.03 Å². The molecular formula is C15H23N3O. The van der Waals surface area contributed by atoms with Crippen molar-refractivity contribution in [2.75, 3.05) is 26.7 Å². The SMILES string of the molecule is CCc1ccc(C2CN(CCCN)C(=O)N2C)cc1. The van der Waals surface area contributed by atoms with E-state index in [1.807, 2.05) is 16.8 Å². The fraction of sp³-hybridized carbons (Fsp3) is 0.533. The Morgan fingerprint density at radius 2 is 2.00 bits per heavy atom. The second-order valence-corrected chi connectivity index (χ2v) is 5.09. The Bertz CT molecular complexity index is 430. The molecule has 104 valence electrons. The van der Waals surface area contributed by atoms with Gasteiger partial charge in [-0.25, -0.2) is 4.79 Å². The quantitative estimate of drug-likeness (QED) is 0.881. The first kappa shape index (κ1) is 13.9. The number of nitrogens with zero attached hydrogens (tertiary/aromatic N) is 2. The lowest BCUT2D eigenvalue weighted by molar-refractivity contribution is 0.195. The first-order valence-electron chi connectivity index (χ1n) is 6.98. The van der Waals surface area contributed by atoms with Gasteiger partial charge in [-0.3, -0.25) is 0 Å². The van der Waals surface area contributed by atoms with E-state index in [0.29, 0.717) is 6.54 Å². The molecule has 1 aromatic carbocycles. The average molecular weight is 261 g/mol. The van der Waals surface area contributed by atoms with Crippen LogP contribution < -0.4 is 5.73 Å². The molecule has 0 aromatic heterocycles. The van der Waals surface area contributed by atoms with E-state index in [0.717, 1.165) is 25.9 Å². The third-order valence-corrected chi connectivity index (χ3v) is 3.84. The minimum atomic E-state index is 0.109. The molecule has 0 aliphatic carbocycles. The molecule has 1 heterocycles. The van der Waals surface area contributed by atoms with Crippen molar-refractivity contribution in [3.8, 4) is 0 Å². The van der Waals surface area contributed by atoms with Gasteiger partial charge in [-0.2, -0.15) is 0 Å². The van der Waals surface area contributed by atoms with E-state index in [2.05, 4.69) is 31.2 Å². The maximum atomic E-state index is 12.1. The van der Waals surface area contributed by atoms with Crippen LogP contribution in [0.15, 0.2) is 24.3 Å². The van der Waals surface area contributed by atoms with Crippen LogP contribution in [-0.4, -0.2) is 42.5 Å². The van der Waals surface area contributed by atoms with Crippen LogP contribution in [0.2, 0.25) is 0 Å². The van der Waals surface area contributed by atoms with E-state index in [9.17, 15) is 4.79 Å². The third-order valence-electron chi connectivity index (χ3n) is 3.84. The second kappa shape index (κ2) is 6.06. The summed E-state index contributed by atoms with van der Waals surface area (Å²) in [4.78, 5) is 15.9. The van der Waals surface area contributed by atoms with Gasteiger partial charge in [0.25, 0.3) is 0 Å². The number of likely N-dealkylation sites (N-methyl/N-ethyl adjacent to an activating group) is 1. The van der Waals surface area contributed by atoms with Crippen molar-refractivity contribution in [3.05, 3.63) is 35.4 Å². The predicted octanol–water partition coefficient (Wildman–Crippen LogP) is 2.01. The van der Waals surface area contributed by atoms with Gasteiger partial charge in [0.2, 0.25) is 0 Å². The number of amides is 2. The Morgan fingerprint density at radius 1 is 1.32 bits per heavy atom. The van der Waals surface area contributed by atoms with Crippen LogP contribution in [0.1, 0.15) is 30.5 Å². The summed E-state index contributed by atoms with van der Waals surface area (Å²) in [6.07, 6.45) is 1.91. The predicted molar refractivity (Wildman–Crippen MR) is 77.0 cm³/mol. The Hall–Kier alpha value is -1.55. The summed E-state index contributed by atoms with van der Waals surface area (Å²) in [6, 6.07) is 8.85. The fourth-order valence-corrected chi connectivity index (χ4v) is 2.54. The summed E-state index contributed by atoms with van der Waals surface area (Å²) in [5.74, 6) is 0. The van der Waals surface area contributed by atoms with Crippen molar-refractivity contribution in [2.24, 2.45) is 5.73 Å². The van der Waals surface area contributed by atoms with Crippen molar-refractivity contribution < 1.29 is 4.79 Å². The molecule has 1 aliphatic rings. The van der Waals surface area contributed by atoms with Crippen LogP contribution >= 0.6 is 0 Å². The van der Waals surface area contributed by atoms with E-state index >= 15 is 0 Å². The Balaban J connectivity index is 2.09. The Morgan fingerprint density at radius 3 is 2.58 bits per heavy atom. The molecule has 0 saturated carbocycles. The topological polar surface area (TPSA) is 49.6 Å². The molecule has 2 amide bonds. The molecule has 2 N–H and O–H groups in total. The van der Waals surface area contributed by atoms with Crippen LogP contribution in [0.3, 0.4) is 0 Å². The zero-order valence-corrected chi connectivity index (χ0v) is 11.8. The number of rotatable bonds is 5. The molecule has 1 aliphatic heterocycles. The van der Waals surface area contributed by atoms with Crippen molar-refractivity contribution in [2.45, 2.75) is 25.8 Å². The molecule has 19 heavy (non-hydrogen) atoms. The van der Waals surface area contributed by atoms with E-state index in [1.165, 1.54) is 11.1 Å². The van der Waals surface area contributed by atoms with Crippen molar-refractivity contribution in [1.29, 1.82) is 0 Å². The fourth-order valence-electron chi connectivity index (χ4n) is 2.54. The van der Waals surface area contributed by atoms with Crippen molar-refractivity contribution in [1.82, 2.24) is 9.80 Å². The normalized spacial score (nSPS) is 19.3. The number of nitrogens with two attached hydrogens (primary N) is 1. The van der Waals surface area contributed by atoms with Gasteiger partial charge < -0.3 is 15.5 Å². The van der Waals surface area contributed by atoms with Crippen LogP contribution in [0, 0.1) is 0 Å². The molecule has 1 fully saturated rings. The molecular weight excluding hydrogens is 238 g/mol. The smallest absolute Gasteiger partial charge is 0.320 e. The van der Waals surface area contributed by atoms with Gasteiger partial charge in [-0.15, -0.1) is 0 Å². The number of benzene rings is 1. The summed E-state index contributed by atoms with van der Waals surface area (Å²) in [6.45, 7) is 4.29. The maximum absolute atomic E-state index is 12.1. The monoisotopic (exact) mass is 261 g/mol. The molecule has 1 aromatic rings. The maximum Gasteiger partial charge on any atom is 0.320 e. The summed E-state index contributed by atoms with van der Waals surface area (Å²) < 4.78 is 0. The van der Waals surface area contributed by atoms with E-state index in [1.54, 1.807) is 0 Å². The molecule has 4 heteroatoms. The van der Waals surface area contributed by atoms with Gasteiger partial charge in [0.05, 0.1) is 6.04 Å². The Kier molecular flexibility index (Phi) is 4.43. The van der Waals surface area contributed by atoms with E-state index in [4.69, 9.17) is 5.73 Å². The first-order valence-corrected chi connectivity index (χ1v) is 6.98. The highest BCUT2D eigenvalue weighted by Gasteiger charge is 2.34. The minimum absolute atomic E-state index is 0.109. The zero-order chi connectivity index (χ0) is 13.8. The van der Waals surface area contributed by atoms with Crippen LogP contribution in [0.25, 0.3) is 0 Å². The van der Waals surface area contributed by atoms with Gasteiger partial charge in [-0.05, 0) is 30.5 Å². The van der Waals surface area contributed by atoms with Crippen molar-refractivity contribution >= 4 is 6.03 Å². The summed E-state index contributed by atoms with van der Waals surface area (Å²) >= 11 is 0. The molecule has 1 saturated heterocycles. The molecule has 1 unspecified atom stereocenters. The molecule has 2 rings (SSSR count). The average Bonchev–Trinajstić information content (AvgIpc) is 2.73. The zero-order valence-electron chi connectivity index (χ0n) is 11.8. The van der Waals surface area contributed by atoms with E-state index in [-0.39, 0.29) is 12.1 Å². The minimum Gasteiger partial charge on any atom is -0.330 e. The number of urea groups is 1. The molecule has 1 atom stereocenters. The molecule has 4 nitrogen and oxygen atoms in total. The van der Waals surface area contributed by atoms with Gasteiger partial charge in [0.1, 0.15) is 0 Å². The number of aryl methyl sites for hydroxylation is 1. The summed E-state index contributed by atoms with van der Waals surface area (Å²) in [5, 5.41) is 0. The highest BCUT2D eigenvalue weighted by Crippen LogP contribution is 2.28. The number of hydrogen-bond acceptors (Lipinski definition) is 2. The van der Waals surface area contributed by atoms with Gasteiger partial charge in [0.15, 0.2) is 0 Å².